The number of aliphatic hydroxyl groups excluding tert-OH is 1. The van der Waals surface area contributed by atoms with E-state index < -0.39 is 20.0 Å². The molecular weight excluding hydrogens is 804 g/mol. The van der Waals surface area contributed by atoms with Crippen LogP contribution in [0.3, 0.4) is 0 Å². The van der Waals surface area contributed by atoms with Crippen molar-refractivity contribution in [1.82, 2.24) is 5.32 Å². The fourth-order valence-corrected chi connectivity index (χ4v) is 9.41. The average molecular weight is 915 g/mol. The topological polar surface area (TPSA) is 108 Å². The van der Waals surface area contributed by atoms with Crippen LogP contribution in [0.4, 0.5) is 0 Å². The maximum atomic E-state index is 12.9. The van der Waals surface area contributed by atoms with Crippen LogP contribution in [0.5, 0.6) is 0 Å². The molecule has 0 saturated carbocycles. The van der Waals surface area contributed by atoms with Crippen molar-refractivity contribution in [3.63, 3.8) is 0 Å². The highest BCUT2D eigenvalue weighted by atomic mass is 31.2. The van der Waals surface area contributed by atoms with E-state index in [0.29, 0.717) is 23.9 Å². The highest BCUT2D eigenvalue weighted by Gasteiger charge is 2.24. The third kappa shape index (κ3) is 49.2. The van der Waals surface area contributed by atoms with Crippen LogP contribution in [0, 0.1) is 0 Å². The summed E-state index contributed by atoms with van der Waals surface area (Å²) in [5, 5.41) is 14.0. The Labute approximate surface area is 393 Å². The van der Waals surface area contributed by atoms with Crippen LogP contribution in [0.2, 0.25) is 0 Å². The third-order valence-electron chi connectivity index (χ3n) is 13.1. The quantitative estimate of drug-likeness (QED) is 0.0357. The Balaban J connectivity index is 4.01. The van der Waals surface area contributed by atoms with Crippen LogP contribution in [-0.4, -0.2) is 68.5 Å². The van der Waals surface area contributed by atoms with Gasteiger partial charge in [-0.05, 0) is 12.8 Å². The zero-order valence-electron chi connectivity index (χ0n) is 43.1. The van der Waals surface area contributed by atoms with Gasteiger partial charge in [0.05, 0.1) is 39.9 Å². The van der Waals surface area contributed by atoms with E-state index in [1.165, 1.54) is 225 Å². The third-order valence-corrected chi connectivity index (χ3v) is 14.1. The number of likely N-dealkylation sites (N-methyl/N-ethyl adjacent to an activating group) is 1. The Bertz CT molecular complexity index is 994. The molecule has 0 aromatic carbocycles. The summed E-state index contributed by atoms with van der Waals surface area (Å²) in [7, 11) is 1.32. The number of rotatable bonds is 52. The summed E-state index contributed by atoms with van der Waals surface area (Å²) in [6.45, 7) is 4.76. The SMILES string of the molecule is CCCCCCCCCCCCCCCCCCCCCCCCCCCCCCCC(O)C(COP(=O)([O-])OCC[N+](C)(C)C)NC(=O)CCCCCCCCCCCCCC. The molecule has 1 amide bonds. The minimum atomic E-state index is -4.56. The summed E-state index contributed by atoms with van der Waals surface area (Å²) in [4.78, 5) is 25.4. The largest absolute Gasteiger partial charge is 0.756 e. The molecule has 3 atom stereocenters. The predicted molar refractivity (Wildman–Crippen MR) is 270 cm³/mol. The summed E-state index contributed by atoms with van der Waals surface area (Å²) in [5.41, 5.74) is 0. The van der Waals surface area contributed by atoms with Gasteiger partial charge in [-0.15, -0.1) is 0 Å². The lowest BCUT2D eigenvalue weighted by Crippen LogP contribution is -2.46. The van der Waals surface area contributed by atoms with Gasteiger partial charge >= 0.3 is 0 Å². The monoisotopic (exact) mass is 915 g/mol. The van der Waals surface area contributed by atoms with Crippen molar-refractivity contribution in [3.8, 4) is 0 Å². The molecule has 0 saturated heterocycles. The molecule has 0 heterocycles. The molecule has 0 bridgehead atoms. The highest BCUT2D eigenvalue weighted by molar-refractivity contribution is 7.45. The molecular formula is C54H111N2O6P. The molecule has 8 nitrogen and oxygen atoms in total. The Morgan fingerprint density at radius 3 is 1.08 bits per heavy atom. The maximum absolute atomic E-state index is 12.9. The van der Waals surface area contributed by atoms with Crippen molar-refractivity contribution >= 4 is 13.7 Å². The summed E-state index contributed by atoms with van der Waals surface area (Å²) in [6.07, 6.45) is 54.3. The van der Waals surface area contributed by atoms with E-state index in [4.69, 9.17) is 9.05 Å². The number of carbonyl (C=O) groups excluding carboxylic acids is 1. The van der Waals surface area contributed by atoms with Crippen molar-refractivity contribution in [2.75, 3.05) is 40.9 Å². The van der Waals surface area contributed by atoms with Crippen molar-refractivity contribution in [3.05, 3.63) is 0 Å². The number of amides is 1. The molecule has 0 aromatic heterocycles. The van der Waals surface area contributed by atoms with E-state index in [0.717, 1.165) is 38.5 Å². The summed E-state index contributed by atoms with van der Waals surface area (Å²) in [6, 6.07) is -0.794. The van der Waals surface area contributed by atoms with Crippen LogP contribution < -0.4 is 10.2 Å². The first kappa shape index (κ1) is 62.5. The van der Waals surface area contributed by atoms with Gasteiger partial charge in [0.15, 0.2) is 0 Å². The molecule has 378 valence electrons. The van der Waals surface area contributed by atoms with Gasteiger partial charge in [0.25, 0.3) is 7.82 Å². The first-order valence-corrected chi connectivity index (χ1v) is 29.3. The van der Waals surface area contributed by atoms with E-state index in [-0.39, 0.29) is 19.1 Å². The number of aliphatic hydroxyl groups is 1. The van der Waals surface area contributed by atoms with Gasteiger partial charge in [-0.25, -0.2) is 0 Å². The molecule has 0 fully saturated rings. The van der Waals surface area contributed by atoms with Crippen molar-refractivity contribution in [1.29, 1.82) is 0 Å². The van der Waals surface area contributed by atoms with Gasteiger partial charge in [0.2, 0.25) is 5.91 Å². The number of nitrogens with zero attached hydrogens (tertiary/aromatic N) is 1. The minimum Gasteiger partial charge on any atom is -0.756 e. The zero-order chi connectivity index (χ0) is 46.4. The Kier molecular flexibility index (Phi) is 46.2. The van der Waals surface area contributed by atoms with Crippen molar-refractivity contribution in [2.45, 2.75) is 302 Å². The molecule has 0 spiro atoms. The first-order valence-electron chi connectivity index (χ1n) is 27.9. The van der Waals surface area contributed by atoms with E-state index in [2.05, 4.69) is 19.2 Å². The second-order valence-corrected chi connectivity index (χ2v) is 22.1. The molecule has 0 aliphatic heterocycles. The number of hydrogen-bond acceptors (Lipinski definition) is 6. The van der Waals surface area contributed by atoms with Gasteiger partial charge < -0.3 is 28.8 Å². The second-order valence-electron chi connectivity index (χ2n) is 20.7. The molecule has 0 aliphatic rings. The number of phosphoric ester groups is 1. The van der Waals surface area contributed by atoms with Crippen molar-refractivity contribution < 1.29 is 32.9 Å². The molecule has 0 radical (unpaired) electrons. The number of hydrogen-bond donors (Lipinski definition) is 2. The Morgan fingerprint density at radius 1 is 0.492 bits per heavy atom. The lowest BCUT2D eigenvalue weighted by atomic mass is 10.0. The normalized spacial score (nSPS) is 14.0. The number of carbonyl (C=O) groups is 1. The van der Waals surface area contributed by atoms with Crippen LogP contribution in [-0.2, 0) is 18.4 Å². The average Bonchev–Trinajstić information content (AvgIpc) is 3.24. The van der Waals surface area contributed by atoms with Crippen LogP contribution in [0.1, 0.15) is 290 Å². The second kappa shape index (κ2) is 46.6. The molecule has 0 aromatic rings. The van der Waals surface area contributed by atoms with Gasteiger partial charge in [-0.2, -0.15) is 0 Å². The van der Waals surface area contributed by atoms with E-state index >= 15 is 0 Å². The molecule has 9 heteroatoms. The standard InChI is InChI=1S/C54H111N2O6P/c1-6-8-10-12-14-16-18-20-21-22-23-24-25-26-27-28-29-30-31-32-33-34-35-36-37-39-41-43-45-47-53(57)52(51-62-63(59,60)61-50-49-56(3,4)5)55-54(58)48-46-44-42-40-38-19-17-15-13-11-9-7-2/h52-53,57H,6-51H2,1-5H3,(H-,55,58,59,60). The van der Waals surface area contributed by atoms with Gasteiger partial charge in [-0.3, -0.25) is 9.36 Å². The Hall–Kier alpha value is -0.500. The van der Waals surface area contributed by atoms with Gasteiger partial charge in [0, 0.05) is 6.42 Å². The molecule has 0 rings (SSSR count). The van der Waals surface area contributed by atoms with Crippen LogP contribution in [0.15, 0.2) is 0 Å². The van der Waals surface area contributed by atoms with Crippen LogP contribution in [0.25, 0.3) is 0 Å². The predicted octanol–water partition coefficient (Wildman–Crippen LogP) is 15.9. The van der Waals surface area contributed by atoms with E-state index in [9.17, 15) is 19.4 Å². The molecule has 63 heavy (non-hydrogen) atoms. The van der Waals surface area contributed by atoms with Crippen LogP contribution >= 0.6 is 7.82 Å². The smallest absolute Gasteiger partial charge is 0.268 e. The lowest BCUT2D eigenvalue weighted by Gasteiger charge is -2.30. The van der Waals surface area contributed by atoms with E-state index in [1.807, 2.05) is 21.1 Å². The number of nitrogens with one attached hydrogen (secondary N) is 1. The number of unbranched alkanes of at least 4 members (excludes halogenated alkanes) is 39. The van der Waals surface area contributed by atoms with Crippen molar-refractivity contribution in [2.24, 2.45) is 0 Å². The van der Waals surface area contributed by atoms with Gasteiger partial charge in [-0.1, -0.05) is 271 Å². The minimum absolute atomic E-state index is 0.0163. The highest BCUT2D eigenvalue weighted by Crippen LogP contribution is 2.38. The number of phosphoric acid groups is 1. The molecule has 2 N–H and O–H groups in total. The fourth-order valence-electron chi connectivity index (χ4n) is 8.69. The zero-order valence-corrected chi connectivity index (χ0v) is 44.0. The number of quaternary nitrogens is 1. The summed E-state index contributed by atoms with van der Waals surface area (Å²) < 4.78 is 23.4. The maximum Gasteiger partial charge on any atom is 0.268 e. The van der Waals surface area contributed by atoms with E-state index in [1.54, 1.807) is 0 Å². The molecule has 3 unspecified atom stereocenters. The first-order chi connectivity index (χ1) is 30.5. The summed E-state index contributed by atoms with van der Waals surface area (Å²) in [5.74, 6) is -0.160. The fraction of sp³-hybridized carbons (Fsp3) is 0.981. The summed E-state index contributed by atoms with van der Waals surface area (Å²) >= 11 is 0. The molecule has 0 aliphatic carbocycles. The lowest BCUT2D eigenvalue weighted by molar-refractivity contribution is -0.870. The van der Waals surface area contributed by atoms with Gasteiger partial charge in [0.1, 0.15) is 13.2 Å². The Morgan fingerprint density at radius 2 is 0.778 bits per heavy atom.